The third kappa shape index (κ3) is 14.6. The van der Waals surface area contributed by atoms with Gasteiger partial charge in [-0.1, -0.05) is 369 Å². The lowest BCUT2D eigenvalue weighted by Gasteiger charge is -2.28. The highest BCUT2D eigenvalue weighted by Crippen LogP contribution is 2.57. The van der Waals surface area contributed by atoms with Gasteiger partial charge in [0, 0.05) is 117 Å². The molecular weight excluding hydrogens is 1710 g/mol. The molecule has 0 atom stereocenters. The summed E-state index contributed by atoms with van der Waals surface area (Å²) in [6.07, 6.45) is 0. The lowest BCUT2D eigenvalue weighted by atomic mass is 9.82. The zero-order chi connectivity index (χ0) is 94.6. The van der Waals surface area contributed by atoms with Crippen molar-refractivity contribution < 1.29 is 0 Å². The molecule has 0 amide bonds. The Labute approximate surface area is 823 Å². The smallest absolute Gasteiger partial charge is 0.0541 e. The summed E-state index contributed by atoms with van der Waals surface area (Å²) in [5, 5.41) is 7.71. The van der Waals surface area contributed by atoms with Crippen LogP contribution in [0.15, 0.2) is 510 Å². The van der Waals surface area contributed by atoms with Crippen molar-refractivity contribution in [2.45, 2.75) is 57.8 Å². The van der Waals surface area contributed by atoms with Crippen molar-refractivity contribution in [1.29, 1.82) is 0 Å². The average molecular weight is 1810 g/mol. The summed E-state index contributed by atoms with van der Waals surface area (Å²) in [7, 11) is 0. The largest absolute Gasteiger partial charge is 0.310 e. The minimum absolute atomic E-state index is 0.144. The van der Waals surface area contributed by atoms with Gasteiger partial charge in [0.25, 0.3) is 0 Å². The van der Waals surface area contributed by atoms with Crippen molar-refractivity contribution in [3.8, 4) is 83.8 Å². The summed E-state index contributed by atoms with van der Waals surface area (Å²) in [5.41, 5.74) is 44.2. The van der Waals surface area contributed by atoms with Crippen LogP contribution in [0.3, 0.4) is 0 Å². The first kappa shape index (κ1) is 85.1. The first-order valence-corrected chi connectivity index (χ1v) is 49.1. The molecule has 0 unspecified atom stereocenters. The lowest BCUT2D eigenvalue weighted by Crippen LogP contribution is -2.17. The molecule has 0 saturated heterocycles. The minimum Gasteiger partial charge on any atom is -0.310 e. The van der Waals surface area contributed by atoms with Crippen molar-refractivity contribution >= 4 is 117 Å². The van der Waals surface area contributed by atoms with Gasteiger partial charge in [-0.3, -0.25) is 0 Å². The molecule has 0 N–H and O–H groups in total. The lowest BCUT2D eigenvalue weighted by molar-refractivity contribution is 0.660. The van der Waals surface area contributed by atoms with Gasteiger partial charge in [0.1, 0.15) is 0 Å². The van der Waals surface area contributed by atoms with Crippen LogP contribution in [0.2, 0.25) is 0 Å². The van der Waals surface area contributed by atoms with Crippen LogP contribution in [0, 0.1) is 0 Å². The average Bonchev–Trinajstić information content (AvgIpc) is 1.57. The first-order chi connectivity index (χ1) is 69.2. The molecule has 21 aromatic carbocycles. The highest BCUT2D eigenvalue weighted by Gasteiger charge is 2.41. The maximum atomic E-state index is 2.43. The highest BCUT2D eigenvalue weighted by atomic mass is 15.2. The van der Waals surface area contributed by atoms with E-state index in [9.17, 15) is 0 Å². The van der Waals surface area contributed by atoms with E-state index >= 15 is 0 Å². The fraction of sp³-hybridized carbons (Fsp3) is 0.0667. The number of benzene rings is 21. The van der Waals surface area contributed by atoms with E-state index in [0.29, 0.717) is 0 Å². The minimum atomic E-state index is -0.199. The second kappa shape index (κ2) is 34.6. The van der Waals surface area contributed by atoms with Gasteiger partial charge >= 0.3 is 0 Å². The van der Waals surface area contributed by atoms with E-state index in [1.54, 1.807) is 0 Å². The summed E-state index contributed by atoms with van der Waals surface area (Å²) in [6.45, 7) is 14.2. The number of hydrogen-bond donors (Lipinski definition) is 0. The Morgan fingerprint density at radius 2 is 0.305 bits per heavy atom. The Bertz CT molecular complexity index is 8620. The van der Waals surface area contributed by atoms with E-state index in [1.807, 2.05) is 0 Å². The molecule has 0 spiro atoms. The number of fused-ring (bicyclic) bond motifs is 18. The van der Waals surface area contributed by atoms with Gasteiger partial charge in [-0.05, 0) is 282 Å². The second-order valence-corrected chi connectivity index (χ2v) is 39.1. The zero-order valence-corrected chi connectivity index (χ0v) is 79.7. The molecular formula is C135H102N6. The van der Waals surface area contributed by atoms with E-state index in [-0.39, 0.29) is 16.2 Å². The molecule has 0 aliphatic heterocycles. The van der Waals surface area contributed by atoms with Gasteiger partial charge < -0.3 is 28.4 Å². The Morgan fingerprint density at radius 3 is 0.525 bits per heavy atom. The Balaban J connectivity index is 0.000000112. The van der Waals surface area contributed by atoms with Crippen LogP contribution >= 0.6 is 0 Å². The summed E-state index contributed by atoms with van der Waals surface area (Å²) < 4.78 is 7.27. The summed E-state index contributed by atoms with van der Waals surface area (Å²) in [6, 6.07) is 185. The van der Waals surface area contributed by atoms with Gasteiger partial charge in [-0.25, -0.2) is 0 Å². The predicted molar refractivity (Wildman–Crippen MR) is 595 cm³/mol. The Kier molecular flexibility index (Phi) is 20.9. The molecule has 0 bridgehead atoms. The third-order valence-corrected chi connectivity index (χ3v) is 30.0. The number of aromatic nitrogens is 3. The van der Waals surface area contributed by atoms with Gasteiger partial charge in [-0.2, -0.15) is 0 Å². The van der Waals surface area contributed by atoms with E-state index in [2.05, 4.69) is 580 Å². The van der Waals surface area contributed by atoms with Crippen molar-refractivity contribution in [2.75, 3.05) is 14.7 Å². The molecule has 141 heavy (non-hydrogen) atoms. The van der Waals surface area contributed by atoms with E-state index in [4.69, 9.17) is 0 Å². The zero-order valence-electron chi connectivity index (χ0n) is 79.7. The number of hydrogen-bond acceptors (Lipinski definition) is 3. The normalized spacial score (nSPS) is 13.1. The summed E-state index contributed by atoms with van der Waals surface area (Å²) in [5.74, 6) is 0. The molecule has 672 valence electrons. The molecule has 3 heterocycles. The molecule has 6 nitrogen and oxygen atoms in total. The van der Waals surface area contributed by atoms with Crippen LogP contribution in [0.4, 0.5) is 51.2 Å². The number of anilines is 9. The number of nitrogens with zero attached hydrogens (tertiary/aromatic N) is 6. The maximum Gasteiger partial charge on any atom is 0.0541 e. The van der Waals surface area contributed by atoms with Crippen molar-refractivity contribution in [3.05, 3.63) is 543 Å². The molecule has 0 fully saturated rings. The van der Waals surface area contributed by atoms with E-state index in [1.165, 1.54) is 188 Å². The molecule has 0 radical (unpaired) electrons. The number of rotatable bonds is 15. The Hall–Kier alpha value is -17.6. The van der Waals surface area contributed by atoms with Crippen molar-refractivity contribution in [3.63, 3.8) is 0 Å². The van der Waals surface area contributed by atoms with Crippen LogP contribution in [-0.2, 0) is 16.2 Å². The quantitative estimate of drug-likeness (QED) is 0.102. The fourth-order valence-corrected chi connectivity index (χ4v) is 23.0. The topological polar surface area (TPSA) is 24.5 Å². The Morgan fingerprint density at radius 1 is 0.142 bits per heavy atom. The summed E-state index contributed by atoms with van der Waals surface area (Å²) >= 11 is 0. The predicted octanol–water partition coefficient (Wildman–Crippen LogP) is 36.7. The van der Waals surface area contributed by atoms with Gasteiger partial charge in [0.2, 0.25) is 0 Å². The van der Waals surface area contributed by atoms with Gasteiger partial charge in [0.05, 0.1) is 33.1 Å². The summed E-state index contributed by atoms with van der Waals surface area (Å²) in [4.78, 5) is 7.12. The molecule has 6 heteroatoms. The number of para-hydroxylation sites is 9. The van der Waals surface area contributed by atoms with Crippen LogP contribution in [0.25, 0.3) is 149 Å². The van der Waals surface area contributed by atoms with Crippen LogP contribution in [-0.4, -0.2) is 13.7 Å². The van der Waals surface area contributed by atoms with Crippen molar-refractivity contribution in [1.82, 2.24) is 13.7 Å². The van der Waals surface area contributed by atoms with Crippen LogP contribution in [0.1, 0.15) is 74.9 Å². The van der Waals surface area contributed by atoms with Crippen LogP contribution < -0.4 is 14.7 Å². The van der Waals surface area contributed by atoms with Crippen LogP contribution in [0.5, 0.6) is 0 Å². The van der Waals surface area contributed by atoms with E-state index in [0.717, 1.165) is 45.5 Å². The van der Waals surface area contributed by atoms with E-state index < -0.39 is 0 Å². The highest BCUT2D eigenvalue weighted by molar-refractivity contribution is 6.12. The van der Waals surface area contributed by atoms with Gasteiger partial charge in [-0.15, -0.1) is 0 Å². The van der Waals surface area contributed by atoms with Gasteiger partial charge in [0.15, 0.2) is 0 Å². The maximum absolute atomic E-state index is 2.43. The second-order valence-electron chi connectivity index (χ2n) is 39.1. The SMILES string of the molecule is CC1(C)c2cc(N(c3ccc(-c4ccccc4)cc3)c3ccc(-c4ccccc4)cc3)ccc2-c2ccc(-n3c4ccccc4c4ccccc43)cc21.CC1(C)c2cc(N(c3ccccc3)c3ccc(-c4ccccc4)cc3)ccc2-c2ccc(-n3c4ccccc4c4ccccc43)cc21.CC1(C)c2cc(N(c3ccccc3)c3ccccc3)ccc2-c2ccc(-n3c4ccccc4c4ccccc43)cc21. The molecule has 24 aromatic rings. The fourth-order valence-electron chi connectivity index (χ4n) is 23.0. The molecule has 27 rings (SSSR count). The standard InChI is InChI=1S/C51H38N2.C45H34N2.C39H30N2/c1-51(2)47-33-41(29-31-43(47)44-32-30-42(34-48(44)51)53-49-19-11-9-17-45(49)46-18-10-12-20-50(46)53)52(39-25-21-37(22-26-39)35-13-5-3-6-14-35)40-27-23-38(24-28-40)36-15-7-4-8-16-36;1-45(2)41-29-35(46(33-15-7-4-8-16-33)34-23-21-32(22-24-34)31-13-5-3-6-14-31)25-27-37(41)38-28-26-36(30-42(38)45)47-43-19-11-9-17-39(43)40-18-10-12-20-44(40)47;1-39(2)35-25-29(40(27-13-5-3-6-14-27)28-15-7-4-8-16-28)21-23-31(35)32-24-22-30(26-36(32)39)41-37-19-11-9-17-33(37)34-18-10-12-20-38(34)41/h3-34H,1-2H3;3-30H,1-2H3;3-26H,1-2H3. The molecule has 3 aromatic heterocycles. The van der Waals surface area contributed by atoms with Crippen molar-refractivity contribution in [2.24, 2.45) is 0 Å². The third-order valence-electron chi connectivity index (χ3n) is 30.0. The molecule has 0 saturated carbocycles. The molecule has 3 aliphatic rings. The first-order valence-electron chi connectivity index (χ1n) is 49.1. The monoisotopic (exact) mass is 1810 g/mol. The molecule has 3 aliphatic carbocycles.